The van der Waals surface area contributed by atoms with Crippen LogP contribution < -0.4 is 5.73 Å². The molecule has 2 bridgehead atoms. The van der Waals surface area contributed by atoms with E-state index in [2.05, 4.69) is 0 Å². The zero-order chi connectivity index (χ0) is 11.2. The quantitative estimate of drug-likeness (QED) is 0.671. The molecule has 2 heteroatoms. The molecule has 3 saturated carbocycles. The summed E-state index contributed by atoms with van der Waals surface area (Å²) >= 11 is 0. The molecule has 0 amide bonds. The lowest BCUT2D eigenvalue weighted by molar-refractivity contribution is -0.0850. The van der Waals surface area contributed by atoms with E-state index in [-0.39, 0.29) is 5.54 Å². The zero-order valence-corrected chi connectivity index (χ0v) is 10.3. The third-order valence-electron chi connectivity index (χ3n) is 5.67. The molecule has 3 unspecified atom stereocenters. The Morgan fingerprint density at radius 2 is 1.69 bits per heavy atom. The minimum absolute atomic E-state index is 0.261. The Kier molecular flexibility index (Phi) is 2.56. The van der Waals surface area contributed by atoms with Crippen LogP contribution in [0, 0.1) is 11.8 Å². The number of fused-ring (bicyclic) bond motifs is 2. The van der Waals surface area contributed by atoms with Crippen LogP contribution in [0.4, 0.5) is 0 Å². The fraction of sp³-hybridized carbons (Fsp3) is 1.00. The van der Waals surface area contributed by atoms with E-state index in [0.717, 1.165) is 25.2 Å². The summed E-state index contributed by atoms with van der Waals surface area (Å²) in [4.78, 5) is 0. The number of hydrogen-bond donors (Lipinski definition) is 2. The van der Waals surface area contributed by atoms with Gasteiger partial charge in [-0.15, -0.1) is 0 Å². The molecule has 0 aromatic rings. The Morgan fingerprint density at radius 1 is 1.00 bits per heavy atom. The van der Waals surface area contributed by atoms with E-state index < -0.39 is 5.60 Å². The van der Waals surface area contributed by atoms with Gasteiger partial charge < -0.3 is 10.8 Å². The first-order valence-electron chi connectivity index (χ1n) is 7.15. The normalized spacial score (nSPS) is 46.9. The highest BCUT2D eigenvalue weighted by atomic mass is 16.3. The fourth-order valence-electron chi connectivity index (χ4n) is 4.70. The maximum atomic E-state index is 11.1. The first-order valence-corrected chi connectivity index (χ1v) is 7.15. The molecule has 0 aliphatic heterocycles. The lowest BCUT2D eigenvalue weighted by Crippen LogP contribution is -2.62. The Morgan fingerprint density at radius 3 is 2.19 bits per heavy atom. The van der Waals surface area contributed by atoms with E-state index in [1.807, 2.05) is 0 Å². The number of rotatable bonds is 1. The molecule has 16 heavy (non-hydrogen) atoms. The number of aliphatic hydroxyl groups is 1. The zero-order valence-electron chi connectivity index (χ0n) is 10.3. The van der Waals surface area contributed by atoms with Crippen molar-refractivity contribution in [2.75, 3.05) is 0 Å². The molecule has 3 rings (SSSR count). The lowest BCUT2D eigenvalue weighted by atomic mass is 9.67. The Labute approximate surface area is 98.6 Å². The van der Waals surface area contributed by atoms with Gasteiger partial charge in [-0.2, -0.15) is 0 Å². The maximum absolute atomic E-state index is 11.1. The predicted octanol–water partition coefficient (Wildman–Crippen LogP) is 2.59. The van der Waals surface area contributed by atoms with Crippen LogP contribution in [0.15, 0.2) is 0 Å². The Bertz CT molecular complexity index is 270. The summed E-state index contributed by atoms with van der Waals surface area (Å²) in [6.07, 6.45) is 11.9. The molecule has 0 heterocycles. The molecule has 0 spiro atoms. The first kappa shape index (κ1) is 11.0. The van der Waals surface area contributed by atoms with E-state index in [1.165, 1.54) is 44.9 Å². The molecule has 3 aliphatic carbocycles. The second kappa shape index (κ2) is 3.71. The summed E-state index contributed by atoms with van der Waals surface area (Å²) in [6.45, 7) is 0. The maximum Gasteiger partial charge on any atom is 0.0857 e. The van der Waals surface area contributed by atoms with Crippen molar-refractivity contribution in [1.29, 1.82) is 0 Å². The van der Waals surface area contributed by atoms with E-state index >= 15 is 0 Å². The molecule has 0 aromatic heterocycles. The van der Waals surface area contributed by atoms with Gasteiger partial charge in [0.25, 0.3) is 0 Å². The largest absolute Gasteiger partial charge is 0.388 e. The van der Waals surface area contributed by atoms with Crippen molar-refractivity contribution in [1.82, 2.24) is 0 Å². The van der Waals surface area contributed by atoms with Crippen LogP contribution in [0.1, 0.15) is 64.2 Å². The van der Waals surface area contributed by atoms with Gasteiger partial charge in [-0.05, 0) is 50.4 Å². The van der Waals surface area contributed by atoms with Crippen LogP contribution in [0.5, 0.6) is 0 Å². The van der Waals surface area contributed by atoms with E-state index in [0.29, 0.717) is 5.92 Å². The summed E-state index contributed by atoms with van der Waals surface area (Å²) in [5, 5.41) is 11.1. The van der Waals surface area contributed by atoms with Gasteiger partial charge in [0.05, 0.1) is 5.60 Å². The van der Waals surface area contributed by atoms with Crippen LogP contribution in [0.3, 0.4) is 0 Å². The van der Waals surface area contributed by atoms with Crippen molar-refractivity contribution in [3.8, 4) is 0 Å². The van der Waals surface area contributed by atoms with Gasteiger partial charge in [0.15, 0.2) is 0 Å². The predicted molar refractivity (Wildman–Crippen MR) is 65.0 cm³/mol. The van der Waals surface area contributed by atoms with Crippen molar-refractivity contribution in [2.24, 2.45) is 17.6 Å². The standard InChI is InChI=1S/C14H25NO/c15-13(7-3-1-2-4-8-13)14(16)10-11-5-6-12(14)9-11/h11-12,16H,1-10,15H2. The molecule has 0 radical (unpaired) electrons. The molecule has 3 N–H and O–H groups in total. The molecule has 2 nitrogen and oxygen atoms in total. The lowest BCUT2D eigenvalue weighted by Gasteiger charge is -2.47. The van der Waals surface area contributed by atoms with Gasteiger partial charge in [0.2, 0.25) is 0 Å². The molecule has 0 saturated heterocycles. The molecule has 92 valence electrons. The molecule has 3 atom stereocenters. The average Bonchev–Trinajstić information content (AvgIpc) is 2.76. The summed E-state index contributed by atoms with van der Waals surface area (Å²) in [5.74, 6) is 1.29. The minimum atomic E-state index is -0.514. The fourth-order valence-corrected chi connectivity index (χ4v) is 4.70. The highest BCUT2D eigenvalue weighted by Gasteiger charge is 2.59. The summed E-state index contributed by atoms with van der Waals surface area (Å²) < 4.78 is 0. The summed E-state index contributed by atoms with van der Waals surface area (Å²) in [7, 11) is 0. The minimum Gasteiger partial charge on any atom is -0.388 e. The summed E-state index contributed by atoms with van der Waals surface area (Å²) in [6, 6.07) is 0. The van der Waals surface area contributed by atoms with E-state index in [4.69, 9.17) is 5.73 Å². The van der Waals surface area contributed by atoms with Crippen LogP contribution in [-0.2, 0) is 0 Å². The van der Waals surface area contributed by atoms with Crippen LogP contribution in [0.2, 0.25) is 0 Å². The SMILES string of the molecule is NC1(C2(O)CC3CCC2C3)CCCCCC1. The third kappa shape index (κ3) is 1.46. The second-order valence-electron chi connectivity index (χ2n) is 6.57. The molecular weight excluding hydrogens is 198 g/mol. The van der Waals surface area contributed by atoms with Crippen LogP contribution in [-0.4, -0.2) is 16.2 Å². The highest BCUT2D eigenvalue weighted by molar-refractivity contribution is 5.14. The second-order valence-corrected chi connectivity index (χ2v) is 6.57. The Balaban J connectivity index is 1.84. The molecule has 3 fully saturated rings. The molecule has 3 aliphatic rings. The highest BCUT2D eigenvalue weighted by Crippen LogP contribution is 2.56. The van der Waals surface area contributed by atoms with Crippen molar-refractivity contribution in [3.05, 3.63) is 0 Å². The van der Waals surface area contributed by atoms with Gasteiger partial charge in [-0.25, -0.2) is 0 Å². The van der Waals surface area contributed by atoms with Crippen LogP contribution >= 0.6 is 0 Å². The van der Waals surface area contributed by atoms with Gasteiger partial charge >= 0.3 is 0 Å². The van der Waals surface area contributed by atoms with Gasteiger partial charge in [0.1, 0.15) is 0 Å². The Hall–Kier alpha value is -0.0800. The first-order chi connectivity index (χ1) is 7.64. The van der Waals surface area contributed by atoms with Crippen molar-refractivity contribution in [3.63, 3.8) is 0 Å². The topological polar surface area (TPSA) is 46.2 Å². The van der Waals surface area contributed by atoms with Gasteiger partial charge in [0, 0.05) is 5.54 Å². The molecule has 0 aromatic carbocycles. The number of hydrogen-bond acceptors (Lipinski definition) is 2. The van der Waals surface area contributed by atoms with Crippen molar-refractivity contribution < 1.29 is 5.11 Å². The van der Waals surface area contributed by atoms with E-state index in [9.17, 15) is 5.11 Å². The van der Waals surface area contributed by atoms with Crippen LogP contribution in [0.25, 0.3) is 0 Å². The average molecular weight is 223 g/mol. The summed E-state index contributed by atoms with van der Waals surface area (Å²) in [5.41, 5.74) is 5.86. The monoisotopic (exact) mass is 223 g/mol. The smallest absolute Gasteiger partial charge is 0.0857 e. The van der Waals surface area contributed by atoms with Gasteiger partial charge in [-0.1, -0.05) is 25.7 Å². The number of nitrogens with two attached hydrogens (primary N) is 1. The van der Waals surface area contributed by atoms with E-state index in [1.54, 1.807) is 0 Å². The third-order valence-corrected chi connectivity index (χ3v) is 5.67. The molecular formula is C14H25NO. The van der Waals surface area contributed by atoms with Crippen molar-refractivity contribution in [2.45, 2.75) is 75.3 Å². The van der Waals surface area contributed by atoms with Crippen molar-refractivity contribution >= 4 is 0 Å². The van der Waals surface area contributed by atoms with Gasteiger partial charge in [-0.3, -0.25) is 0 Å².